The van der Waals surface area contributed by atoms with Crippen molar-refractivity contribution in [1.29, 1.82) is 0 Å². The fraction of sp³-hybridized carbons (Fsp3) is 0.389. The lowest BCUT2D eigenvalue weighted by Gasteiger charge is -2.21. The second-order valence-corrected chi connectivity index (χ2v) is 7.52. The summed E-state index contributed by atoms with van der Waals surface area (Å²) >= 11 is 13.4. The first-order chi connectivity index (χ1) is 12.5. The molecule has 0 atom stereocenters. The van der Waals surface area contributed by atoms with Crippen molar-refractivity contribution in [3.05, 3.63) is 49.9 Å². The molecule has 0 aliphatic heterocycles. The van der Waals surface area contributed by atoms with Crippen LogP contribution in [0, 0.1) is 0 Å². The number of halogens is 2. The minimum absolute atomic E-state index is 0.180. The molecule has 8 heteroatoms. The molecule has 140 valence electrons. The van der Waals surface area contributed by atoms with Gasteiger partial charge < -0.3 is 10.2 Å². The number of hydrogen-bond donors (Lipinski definition) is 1. The van der Waals surface area contributed by atoms with E-state index in [9.17, 15) is 9.59 Å². The molecule has 0 saturated carbocycles. The van der Waals surface area contributed by atoms with Crippen LogP contribution in [0.3, 0.4) is 0 Å². The van der Waals surface area contributed by atoms with Crippen LogP contribution >= 0.6 is 34.5 Å². The first kappa shape index (κ1) is 20.7. The predicted molar refractivity (Wildman–Crippen MR) is 106 cm³/mol. The number of hydrogen-bond acceptors (Lipinski definition) is 4. The number of carbonyl (C=O) groups excluding carboxylic acids is 2. The van der Waals surface area contributed by atoms with Gasteiger partial charge in [-0.2, -0.15) is 0 Å². The van der Waals surface area contributed by atoms with E-state index in [0.29, 0.717) is 45.9 Å². The Morgan fingerprint density at radius 1 is 1.23 bits per heavy atom. The molecule has 1 heterocycles. The fourth-order valence-corrected chi connectivity index (χ4v) is 3.61. The van der Waals surface area contributed by atoms with Crippen LogP contribution < -0.4 is 5.32 Å². The van der Waals surface area contributed by atoms with Gasteiger partial charge in [-0.05, 0) is 31.0 Å². The second-order valence-electron chi connectivity index (χ2n) is 5.73. The van der Waals surface area contributed by atoms with Crippen LogP contribution in [0.1, 0.15) is 52.5 Å². The average Bonchev–Trinajstić information content (AvgIpc) is 3.07. The van der Waals surface area contributed by atoms with E-state index in [1.165, 1.54) is 11.3 Å². The van der Waals surface area contributed by atoms with E-state index in [1.54, 1.807) is 28.5 Å². The van der Waals surface area contributed by atoms with Gasteiger partial charge in [0.1, 0.15) is 10.7 Å². The van der Waals surface area contributed by atoms with Crippen LogP contribution in [0.25, 0.3) is 0 Å². The van der Waals surface area contributed by atoms with Gasteiger partial charge in [-0.25, -0.2) is 4.98 Å². The van der Waals surface area contributed by atoms with Crippen molar-refractivity contribution >= 4 is 46.4 Å². The third-order valence-electron chi connectivity index (χ3n) is 3.59. The first-order valence-corrected chi connectivity index (χ1v) is 10.1. The largest absolute Gasteiger partial charge is 0.351 e. The smallest absolute Gasteiger partial charge is 0.270 e. The summed E-state index contributed by atoms with van der Waals surface area (Å²) in [4.78, 5) is 30.9. The van der Waals surface area contributed by atoms with E-state index in [0.717, 1.165) is 12.8 Å². The van der Waals surface area contributed by atoms with Gasteiger partial charge in [0.15, 0.2) is 0 Å². The van der Waals surface area contributed by atoms with Crippen molar-refractivity contribution in [3.8, 4) is 0 Å². The molecule has 5 nitrogen and oxygen atoms in total. The molecule has 0 aliphatic rings. The minimum atomic E-state index is -0.191. The van der Waals surface area contributed by atoms with Gasteiger partial charge in [0.05, 0.1) is 17.1 Å². The standard InChI is InChI=1S/C18H21Cl2N3O2S/c1-3-7-21-17(24)15-11-26-16(22-15)10-23(8-4-2)18(25)13-6-5-12(19)9-14(13)20/h5-6,9,11H,3-4,7-8,10H2,1-2H3,(H,21,24). The predicted octanol–water partition coefficient (Wildman–Crippen LogP) is 4.64. The van der Waals surface area contributed by atoms with Crippen molar-refractivity contribution in [2.75, 3.05) is 13.1 Å². The Hall–Kier alpha value is -1.63. The summed E-state index contributed by atoms with van der Waals surface area (Å²) in [7, 11) is 0. The molecule has 2 amide bonds. The van der Waals surface area contributed by atoms with E-state index in [2.05, 4.69) is 10.3 Å². The zero-order chi connectivity index (χ0) is 19.1. The summed E-state index contributed by atoms with van der Waals surface area (Å²) in [5, 5.41) is 6.02. The summed E-state index contributed by atoms with van der Waals surface area (Å²) < 4.78 is 0. The zero-order valence-electron chi connectivity index (χ0n) is 14.7. The van der Waals surface area contributed by atoms with Gasteiger partial charge in [0.2, 0.25) is 0 Å². The highest BCUT2D eigenvalue weighted by Crippen LogP contribution is 2.23. The van der Waals surface area contributed by atoms with E-state index in [4.69, 9.17) is 23.2 Å². The van der Waals surface area contributed by atoms with Crippen LogP contribution in [0.15, 0.2) is 23.6 Å². The maximum Gasteiger partial charge on any atom is 0.270 e. The van der Waals surface area contributed by atoms with E-state index >= 15 is 0 Å². The van der Waals surface area contributed by atoms with Crippen LogP contribution in [0.2, 0.25) is 10.0 Å². The zero-order valence-corrected chi connectivity index (χ0v) is 17.0. The minimum Gasteiger partial charge on any atom is -0.351 e. The van der Waals surface area contributed by atoms with E-state index in [1.807, 2.05) is 13.8 Å². The highest BCUT2D eigenvalue weighted by atomic mass is 35.5. The van der Waals surface area contributed by atoms with E-state index < -0.39 is 0 Å². The second kappa shape index (κ2) is 9.90. The number of nitrogens with zero attached hydrogens (tertiary/aromatic N) is 2. The molecule has 1 N–H and O–H groups in total. The van der Waals surface area contributed by atoms with Crippen LogP contribution in [-0.2, 0) is 6.54 Å². The average molecular weight is 414 g/mol. The van der Waals surface area contributed by atoms with Crippen molar-refractivity contribution in [3.63, 3.8) is 0 Å². The number of thiazole rings is 1. The molecule has 0 saturated heterocycles. The molecule has 0 radical (unpaired) electrons. The molecule has 0 unspecified atom stereocenters. The van der Waals surface area contributed by atoms with Gasteiger partial charge in [-0.15, -0.1) is 11.3 Å². The monoisotopic (exact) mass is 413 g/mol. The Morgan fingerprint density at radius 3 is 2.65 bits per heavy atom. The van der Waals surface area contributed by atoms with Gasteiger partial charge in [-0.3, -0.25) is 9.59 Å². The Labute approximate surface area is 167 Å². The topological polar surface area (TPSA) is 62.3 Å². The quantitative estimate of drug-likeness (QED) is 0.685. The molecule has 1 aromatic heterocycles. The third-order valence-corrected chi connectivity index (χ3v) is 4.97. The van der Waals surface area contributed by atoms with E-state index in [-0.39, 0.29) is 11.8 Å². The van der Waals surface area contributed by atoms with Crippen molar-refractivity contribution in [2.45, 2.75) is 33.2 Å². The molecular weight excluding hydrogens is 393 g/mol. The van der Waals surface area contributed by atoms with Gasteiger partial charge in [-0.1, -0.05) is 37.0 Å². The Kier molecular flexibility index (Phi) is 7.87. The van der Waals surface area contributed by atoms with Gasteiger partial charge in [0.25, 0.3) is 11.8 Å². The Bertz CT molecular complexity index is 780. The molecule has 0 aliphatic carbocycles. The van der Waals surface area contributed by atoms with Crippen LogP contribution in [0.5, 0.6) is 0 Å². The Balaban J connectivity index is 2.14. The molecule has 2 rings (SSSR count). The summed E-state index contributed by atoms with van der Waals surface area (Å²) in [6.07, 6.45) is 1.66. The lowest BCUT2D eigenvalue weighted by atomic mass is 10.2. The summed E-state index contributed by atoms with van der Waals surface area (Å²) in [6, 6.07) is 4.82. The number of nitrogens with one attached hydrogen (secondary N) is 1. The lowest BCUT2D eigenvalue weighted by molar-refractivity contribution is 0.0743. The lowest BCUT2D eigenvalue weighted by Crippen LogP contribution is -2.31. The Morgan fingerprint density at radius 2 is 2.00 bits per heavy atom. The van der Waals surface area contributed by atoms with Gasteiger partial charge >= 0.3 is 0 Å². The fourth-order valence-electron chi connectivity index (χ4n) is 2.34. The molecule has 0 bridgehead atoms. The maximum absolute atomic E-state index is 12.8. The highest BCUT2D eigenvalue weighted by Gasteiger charge is 2.20. The first-order valence-electron chi connectivity index (χ1n) is 8.43. The van der Waals surface area contributed by atoms with Gasteiger partial charge in [0, 0.05) is 23.5 Å². The van der Waals surface area contributed by atoms with Crippen molar-refractivity contribution in [2.24, 2.45) is 0 Å². The van der Waals surface area contributed by atoms with Crippen LogP contribution in [-0.4, -0.2) is 34.8 Å². The normalized spacial score (nSPS) is 10.6. The summed E-state index contributed by atoms with van der Waals surface area (Å²) in [6.45, 7) is 5.49. The van der Waals surface area contributed by atoms with Crippen molar-refractivity contribution < 1.29 is 9.59 Å². The number of carbonyl (C=O) groups is 2. The molecule has 0 fully saturated rings. The van der Waals surface area contributed by atoms with Crippen LogP contribution in [0.4, 0.5) is 0 Å². The molecule has 26 heavy (non-hydrogen) atoms. The third kappa shape index (κ3) is 5.43. The SMILES string of the molecule is CCCNC(=O)c1csc(CN(CCC)C(=O)c2ccc(Cl)cc2Cl)n1. The highest BCUT2D eigenvalue weighted by molar-refractivity contribution is 7.09. The maximum atomic E-state index is 12.8. The molecule has 0 spiro atoms. The number of benzene rings is 1. The summed E-state index contributed by atoms with van der Waals surface area (Å²) in [5.41, 5.74) is 0.786. The number of amides is 2. The molecule has 1 aromatic carbocycles. The molecular formula is C18H21Cl2N3O2S. The number of rotatable bonds is 8. The summed E-state index contributed by atoms with van der Waals surface area (Å²) in [5.74, 6) is -0.371. The number of aromatic nitrogens is 1. The van der Waals surface area contributed by atoms with Crippen molar-refractivity contribution in [1.82, 2.24) is 15.2 Å². The molecule has 2 aromatic rings.